The van der Waals surface area contributed by atoms with E-state index >= 15 is 0 Å². The Balaban J connectivity index is 2.77. The number of carboxylic acid groups (broad SMARTS) is 1. The van der Waals surface area contributed by atoms with E-state index in [1.165, 1.54) is 0 Å². The molecular formula is C10H11NO3Se. The maximum absolute atomic E-state index is 11.6. The van der Waals surface area contributed by atoms with Crippen LogP contribution in [0.5, 0.6) is 0 Å². The molecule has 0 fully saturated rings. The standard InChI is InChI=1S/C10H11NO3Se/c1-15-8-5-3-2-4-7(8)10(14)11-6-9(12)13/h2-5H,6H2,1H3,(H,11,14)(H,12,13). The molecule has 1 amide bonds. The fourth-order valence-electron chi connectivity index (χ4n) is 1.08. The van der Waals surface area contributed by atoms with E-state index in [4.69, 9.17) is 5.11 Å². The number of carbonyl (C=O) groups excluding carboxylic acids is 1. The monoisotopic (exact) mass is 273 g/mol. The molecule has 0 heterocycles. The van der Waals surface area contributed by atoms with Crippen molar-refractivity contribution >= 4 is 31.3 Å². The van der Waals surface area contributed by atoms with Crippen LogP contribution in [0.4, 0.5) is 0 Å². The van der Waals surface area contributed by atoms with E-state index in [0.717, 1.165) is 4.46 Å². The van der Waals surface area contributed by atoms with Gasteiger partial charge in [-0.25, -0.2) is 0 Å². The Hall–Kier alpha value is -1.32. The van der Waals surface area contributed by atoms with Crippen molar-refractivity contribution in [2.75, 3.05) is 6.54 Å². The molecular weight excluding hydrogens is 261 g/mol. The number of amides is 1. The second kappa shape index (κ2) is 5.53. The fourth-order valence-corrected chi connectivity index (χ4v) is 2.33. The first kappa shape index (κ1) is 11.8. The fraction of sp³-hybridized carbons (Fsp3) is 0.200. The summed E-state index contributed by atoms with van der Waals surface area (Å²) < 4.78 is 0.980. The molecule has 0 bridgehead atoms. The molecule has 0 aliphatic rings. The van der Waals surface area contributed by atoms with Gasteiger partial charge in [0.2, 0.25) is 0 Å². The van der Waals surface area contributed by atoms with Crippen molar-refractivity contribution < 1.29 is 14.7 Å². The van der Waals surface area contributed by atoms with Crippen molar-refractivity contribution in [2.45, 2.75) is 5.82 Å². The van der Waals surface area contributed by atoms with Gasteiger partial charge in [-0.1, -0.05) is 0 Å². The Kier molecular flexibility index (Phi) is 4.34. The van der Waals surface area contributed by atoms with Gasteiger partial charge in [-0.05, 0) is 0 Å². The summed E-state index contributed by atoms with van der Waals surface area (Å²) in [5.41, 5.74) is 0.571. The molecule has 0 radical (unpaired) electrons. The van der Waals surface area contributed by atoms with Crippen LogP contribution < -0.4 is 9.78 Å². The van der Waals surface area contributed by atoms with Crippen LogP contribution >= 0.6 is 0 Å². The van der Waals surface area contributed by atoms with Crippen molar-refractivity contribution in [3.8, 4) is 0 Å². The first-order valence-electron chi connectivity index (χ1n) is 4.28. The zero-order valence-electron chi connectivity index (χ0n) is 8.19. The number of carboxylic acids is 1. The van der Waals surface area contributed by atoms with Crippen LogP contribution in [0.1, 0.15) is 10.4 Å². The summed E-state index contributed by atoms with van der Waals surface area (Å²) in [4.78, 5) is 21.8. The molecule has 0 spiro atoms. The molecule has 15 heavy (non-hydrogen) atoms. The van der Waals surface area contributed by atoms with Crippen LogP contribution in [0.2, 0.25) is 5.82 Å². The average molecular weight is 272 g/mol. The number of carbonyl (C=O) groups is 2. The number of benzene rings is 1. The Morgan fingerprint density at radius 2 is 2.07 bits per heavy atom. The van der Waals surface area contributed by atoms with Gasteiger partial charge in [-0.3, -0.25) is 0 Å². The van der Waals surface area contributed by atoms with E-state index in [2.05, 4.69) is 5.32 Å². The van der Waals surface area contributed by atoms with Crippen LogP contribution in [0.3, 0.4) is 0 Å². The minimum absolute atomic E-state index is 0.219. The zero-order chi connectivity index (χ0) is 11.3. The van der Waals surface area contributed by atoms with Gasteiger partial charge in [-0.2, -0.15) is 0 Å². The Labute approximate surface area is 93.8 Å². The van der Waals surface area contributed by atoms with Crippen LogP contribution in [-0.2, 0) is 4.79 Å². The van der Waals surface area contributed by atoms with Crippen LogP contribution in [0.25, 0.3) is 0 Å². The normalized spacial score (nSPS) is 9.67. The number of hydrogen-bond donors (Lipinski definition) is 2. The predicted molar refractivity (Wildman–Crippen MR) is 57.7 cm³/mol. The van der Waals surface area contributed by atoms with Gasteiger partial charge in [0.25, 0.3) is 0 Å². The third-order valence-electron chi connectivity index (χ3n) is 1.75. The summed E-state index contributed by atoms with van der Waals surface area (Å²) in [5.74, 6) is 0.649. The van der Waals surface area contributed by atoms with E-state index in [1.54, 1.807) is 12.1 Å². The predicted octanol–water partition coefficient (Wildman–Crippen LogP) is -0.121. The first-order chi connectivity index (χ1) is 7.15. The number of aliphatic carboxylic acids is 1. The van der Waals surface area contributed by atoms with Gasteiger partial charge in [0.1, 0.15) is 0 Å². The number of nitrogens with one attached hydrogen (secondary N) is 1. The Morgan fingerprint density at radius 1 is 1.40 bits per heavy atom. The molecule has 0 saturated heterocycles. The summed E-state index contributed by atoms with van der Waals surface area (Å²) >= 11 is 0.219. The molecule has 0 aliphatic carbocycles. The number of rotatable bonds is 4. The van der Waals surface area contributed by atoms with Crippen molar-refractivity contribution in [1.82, 2.24) is 5.32 Å². The molecule has 0 unspecified atom stereocenters. The van der Waals surface area contributed by atoms with Crippen molar-refractivity contribution in [1.29, 1.82) is 0 Å². The summed E-state index contributed by atoms with van der Waals surface area (Å²) in [5, 5.41) is 10.8. The molecule has 4 nitrogen and oxygen atoms in total. The molecule has 80 valence electrons. The van der Waals surface area contributed by atoms with E-state index < -0.39 is 5.97 Å². The third kappa shape index (κ3) is 3.38. The molecule has 0 aliphatic heterocycles. The molecule has 1 aromatic carbocycles. The van der Waals surface area contributed by atoms with E-state index in [0.29, 0.717) is 5.56 Å². The van der Waals surface area contributed by atoms with E-state index in [-0.39, 0.29) is 27.4 Å². The maximum atomic E-state index is 11.6. The van der Waals surface area contributed by atoms with Gasteiger partial charge in [0, 0.05) is 0 Å². The quantitative estimate of drug-likeness (QED) is 0.751. The van der Waals surface area contributed by atoms with Gasteiger partial charge in [0.15, 0.2) is 0 Å². The van der Waals surface area contributed by atoms with Gasteiger partial charge >= 0.3 is 93.5 Å². The molecule has 1 rings (SSSR count). The van der Waals surface area contributed by atoms with Crippen LogP contribution in [0, 0.1) is 0 Å². The van der Waals surface area contributed by atoms with Crippen LogP contribution in [-0.4, -0.2) is 38.5 Å². The zero-order valence-corrected chi connectivity index (χ0v) is 9.90. The van der Waals surface area contributed by atoms with E-state index in [1.807, 2.05) is 18.0 Å². The molecule has 0 saturated carbocycles. The topological polar surface area (TPSA) is 66.4 Å². The van der Waals surface area contributed by atoms with Crippen molar-refractivity contribution in [3.63, 3.8) is 0 Å². The number of hydrogen-bond acceptors (Lipinski definition) is 2. The second-order valence-electron chi connectivity index (χ2n) is 2.78. The molecule has 1 aromatic rings. The SMILES string of the molecule is C[Se]c1ccccc1C(=O)NCC(=O)O. The molecule has 2 N–H and O–H groups in total. The summed E-state index contributed by atoms with van der Waals surface area (Å²) in [6.45, 7) is -0.343. The summed E-state index contributed by atoms with van der Waals surface area (Å²) in [7, 11) is 0. The van der Waals surface area contributed by atoms with Gasteiger partial charge in [-0.15, -0.1) is 0 Å². The van der Waals surface area contributed by atoms with E-state index in [9.17, 15) is 9.59 Å². The Bertz CT molecular complexity index is 379. The molecule has 5 heteroatoms. The molecule has 0 atom stereocenters. The van der Waals surface area contributed by atoms with Crippen molar-refractivity contribution in [3.05, 3.63) is 29.8 Å². The van der Waals surface area contributed by atoms with Crippen LogP contribution in [0.15, 0.2) is 24.3 Å². The Morgan fingerprint density at radius 3 is 2.67 bits per heavy atom. The summed E-state index contributed by atoms with van der Waals surface area (Å²) in [6, 6.07) is 7.23. The van der Waals surface area contributed by atoms with Crippen molar-refractivity contribution in [2.24, 2.45) is 0 Å². The first-order valence-corrected chi connectivity index (χ1v) is 6.85. The summed E-state index contributed by atoms with van der Waals surface area (Å²) in [6.07, 6.45) is 0. The van der Waals surface area contributed by atoms with Gasteiger partial charge in [0.05, 0.1) is 0 Å². The second-order valence-corrected chi connectivity index (χ2v) is 4.56. The third-order valence-corrected chi connectivity index (χ3v) is 3.42. The van der Waals surface area contributed by atoms with Gasteiger partial charge < -0.3 is 0 Å². The average Bonchev–Trinajstić information content (AvgIpc) is 2.25. The molecule has 0 aromatic heterocycles. The minimum atomic E-state index is -1.04.